The van der Waals surface area contributed by atoms with Crippen LogP contribution in [0, 0.1) is 0 Å². The van der Waals surface area contributed by atoms with Gasteiger partial charge in [0.05, 0.1) is 30.9 Å². The van der Waals surface area contributed by atoms with Crippen LogP contribution in [0.25, 0.3) is 11.1 Å². The van der Waals surface area contributed by atoms with Crippen molar-refractivity contribution in [1.29, 1.82) is 0 Å². The summed E-state index contributed by atoms with van der Waals surface area (Å²) in [5.74, 6) is 0.828. The van der Waals surface area contributed by atoms with E-state index >= 15 is 0 Å². The second-order valence-electron chi connectivity index (χ2n) is 9.52. The molecule has 5 rings (SSSR count). The minimum Gasteiger partial charge on any atom is -0.493 e. The fourth-order valence-electron chi connectivity index (χ4n) is 4.85. The fraction of sp³-hybridized carbons (Fsp3) is 0.226. The van der Waals surface area contributed by atoms with Crippen molar-refractivity contribution in [3.8, 4) is 16.9 Å². The SMILES string of the molecule is CCN1c2ncc(CCOc3ccc(-c4ccc(CC(=O)O)cc4)cc3CO)cc2C(=O)N(C)c2cccnc21. The van der Waals surface area contributed by atoms with Crippen LogP contribution >= 0.6 is 0 Å². The lowest BCUT2D eigenvalue weighted by Gasteiger charge is -2.22. The summed E-state index contributed by atoms with van der Waals surface area (Å²) in [4.78, 5) is 37.0. The number of pyridine rings is 2. The summed E-state index contributed by atoms with van der Waals surface area (Å²) in [7, 11) is 1.74. The molecule has 9 nitrogen and oxygen atoms in total. The van der Waals surface area contributed by atoms with Crippen LogP contribution < -0.4 is 14.5 Å². The van der Waals surface area contributed by atoms with Gasteiger partial charge in [-0.2, -0.15) is 0 Å². The molecule has 1 amide bonds. The van der Waals surface area contributed by atoms with Crippen molar-refractivity contribution in [1.82, 2.24) is 9.97 Å². The van der Waals surface area contributed by atoms with Gasteiger partial charge in [0.15, 0.2) is 5.82 Å². The van der Waals surface area contributed by atoms with Crippen LogP contribution in [-0.2, 0) is 24.2 Å². The molecule has 0 unspecified atom stereocenters. The molecule has 0 aliphatic carbocycles. The zero-order valence-electron chi connectivity index (χ0n) is 22.4. The summed E-state index contributed by atoms with van der Waals surface area (Å²) in [5, 5.41) is 18.9. The van der Waals surface area contributed by atoms with Crippen molar-refractivity contribution in [3.63, 3.8) is 0 Å². The number of hydrogen-bond acceptors (Lipinski definition) is 7. The molecule has 9 heteroatoms. The lowest BCUT2D eigenvalue weighted by molar-refractivity contribution is -0.136. The Bertz CT molecular complexity index is 1550. The third-order valence-corrected chi connectivity index (χ3v) is 6.94. The predicted octanol–water partition coefficient (Wildman–Crippen LogP) is 4.63. The first-order valence-corrected chi connectivity index (χ1v) is 13.1. The summed E-state index contributed by atoms with van der Waals surface area (Å²) in [6, 6.07) is 18.5. The number of rotatable bonds is 9. The molecule has 0 bridgehead atoms. The maximum Gasteiger partial charge on any atom is 0.307 e. The monoisotopic (exact) mass is 538 g/mol. The zero-order valence-corrected chi connectivity index (χ0v) is 22.4. The quantitative estimate of drug-likeness (QED) is 0.317. The van der Waals surface area contributed by atoms with Crippen molar-refractivity contribution < 1.29 is 24.5 Å². The average molecular weight is 539 g/mol. The Labute approximate surface area is 232 Å². The minimum atomic E-state index is -0.872. The summed E-state index contributed by atoms with van der Waals surface area (Å²) < 4.78 is 6.03. The normalized spacial score (nSPS) is 12.5. The van der Waals surface area contributed by atoms with E-state index in [4.69, 9.17) is 9.84 Å². The first-order valence-electron chi connectivity index (χ1n) is 13.1. The number of aromatic nitrogens is 2. The van der Waals surface area contributed by atoms with Gasteiger partial charge in [0, 0.05) is 38.0 Å². The number of carbonyl (C=O) groups excluding carboxylic acids is 1. The first kappa shape index (κ1) is 26.8. The van der Waals surface area contributed by atoms with E-state index in [0.717, 1.165) is 27.9 Å². The molecular formula is C31H30N4O5. The van der Waals surface area contributed by atoms with Crippen molar-refractivity contribution in [3.05, 3.63) is 95.3 Å². The highest BCUT2D eigenvalue weighted by atomic mass is 16.5. The van der Waals surface area contributed by atoms with Gasteiger partial charge >= 0.3 is 5.97 Å². The molecule has 40 heavy (non-hydrogen) atoms. The van der Waals surface area contributed by atoms with Crippen LogP contribution in [0.1, 0.15) is 34.0 Å². The van der Waals surface area contributed by atoms with E-state index in [-0.39, 0.29) is 18.9 Å². The maximum absolute atomic E-state index is 13.4. The molecule has 2 aromatic carbocycles. The second-order valence-corrected chi connectivity index (χ2v) is 9.52. The smallest absolute Gasteiger partial charge is 0.307 e. The number of fused-ring (bicyclic) bond motifs is 2. The number of aliphatic hydroxyl groups excluding tert-OH is 1. The third-order valence-electron chi connectivity index (χ3n) is 6.94. The van der Waals surface area contributed by atoms with Gasteiger partial charge in [-0.3, -0.25) is 9.59 Å². The number of aliphatic hydroxyl groups is 1. The number of carboxylic acid groups (broad SMARTS) is 1. The van der Waals surface area contributed by atoms with E-state index in [9.17, 15) is 14.7 Å². The first-order chi connectivity index (χ1) is 19.4. The highest BCUT2D eigenvalue weighted by molar-refractivity contribution is 6.12. The molecule has 4 aromatic rings. The molecule has 1 aliphatic rings. The molecule has 3 heterocycles. The summed E-state index contributed by atoms with van der Waals surface area (Å²) in [6.07, 6.45) is 3.96. The molecule has 0 saturated heterocycles. The van der Waals surface area contributed by atoms with Crippen LogP contribution in [0.3, 0.4) is 0 Å². The van der Waals surface area contributed by atoms with Gasteiger partial charge in [0.25, 0.3) is 5.91 Å². The van der Waals surface area contributed by atoms with E-state index in [1.807, 2.05) is 60.4 Å². The van der Waals surface area contributed by atoms with Gasteiger partial charge in [-0.15, -0.1) is 0 Å². The number of ether oxygens (including phenoxy) is 1. The molecule has 204 valence electrons. The predicted molar refractivity (Wildman–Crippen MR) is 152 cm³/mol. The van der Waals surface area contributed by atoms with Crippen molar-refractivity contribution in [2.75, 3.05) is 30.0 Å². The van der Waals surface area contributed by atoms with Crippen molar-refractivity contribution in [2.24, 2.45) is 0 Å². The molecule has 0 fully saturated rings. The van der Waals surface area contributed by atoms with Gasteiger partial charge in [0.2, 0.25) is 0 Å². The van der Waals surface area contributed by atoms with E-state index in [2.05, 4.69) is 9.97 Å². The van der Waals surface area contributed by atoms with Gasteiger partial charge in [-0.05, 0) is 59.5 Å². The molecule has 0 saturated carbocycles. The molecule has 0 radical (unpaired) electrons. The Kier molecular flexibility index (Phi) is 7.75. The average Bonchev–Trinajstić information content (AvgIpc) is 3.06. The minimum absolute atomic E-state index is 0.0265. The van der Waals surface area contributed by atoms with Gasteiger partial charge < -0.3 is 24.7 Å². The molecule has 2 N–H and O–H groups in total. The molecule has 2 aromatic heterocycles. The van der Waals surface area contributed by atoms with Crippen LogP contribution in [0.15, 0.2) is 73.1 Å². The Morgan fingerprint density at radius 3 is 2.48 bits per heavy atom. The summed E-state index contributed by atoms with van der Waals surface area (Å²) in [6.45, 7) is 2.75. The number of hydrogen-bond donors (Lipinski definition) is 2. The Morgan fingerprint density at radius 2 is 1.75 bits per heavy atom. The van der Waals surface area contributed by atoms with Crippen LogP contribution in [0.4, 0.5) is 17.3 Å². The number of amides is 1. The third kappa shape index (κ3) is 5.37. The number of anilines is 3. The standard InChI is InChI=1S/C31H30N4O5/c1-3-35-29-25(31(39)34(2)26-5-4-13-32-30(26)35)15-21(18-33-29)12-14-40-27-11-10-23(17-24(27)19-36)22-8-6-20(7-9-22)16-28(37)38/h4-11,13,15,17-18,36H,3,12,14,16,19H2,1-2H3,(H,37,38). The Morgan fingerprint density at radius 1 is 0.975 bits per heavy atom. The fourth-order valence-corrected chi connectivity index (χ4v) is 4.85. The van der Waals surface area contributed by atoms with Gasteiger partial charge in [0.1, 0.15) is 11.6 Å². The number of carbonyl (C=O) groups is 2. The second kappa shape index (κ2) is 11.5. The van der Waals surface area contributed by atoms with Crippen LogP contribution in [0.2, 0.25) is 0 Å². The molecule has 1 aliphatic heterocycles. The van der Waals surface area contributed by atoms with E-state index < -0.39 is 5.97 Å². The lowest BCUT2D eigenvalue weighted by Crippen LogP contribution is -2.25. The van der Waals surface area contributed by atoms with Gasteiger partial charge in [-0.1, -0.05) is 30.3 Å². The van der Waals surface area contributed by atoms with Crippen LogP contribution in [0.5, 0.6) is 5.75 Å². The maximum atomic E-state index is 13.4. The van der Waals surface area contributed by atoms with Crippen LogP contribution in [-0.4, -0.2) is 52.3 Å². The van der Waals surface area contributed by atoms with E-state index in [1.54, 1.807) is 36.5 Å². The number of nitrogens with zero attached hydrogens (tertiary/aromatic N) is 4. The number of benzene rings is 2. The van der Waals surface area contributed by atoms with E-state index in [1.165, 1.54) is 0 Å². The van der Waals surface area contributed by atoms with Crippen molar-refractivity contribution in [2.45, 2.75) is 26.4 Å². The summed E-state index contributed by atoms with van der Waals surface area (Å²) >= 11 is 0. The molecule has 0 atom stereocenters. The topological polar surface area (TPSA) is 116 Å². The Balaban J connectivity index is 1.30. The number of aliphatic carboxylic acids is 1. The highest BCUT2D eigenvalue weighted by Gasteiger charge is 2.30. The molecular weight excluding hydrogens is 508 g/mol. The van der Waals surface area contributed by atoms with Gasteiger partial charge in [-0.25, -0.2) is 9.97 Å². The highest BCUT2D eigenvalue weighted by Crippen LogP contribution is 2.37. The molecule has 0 spiro atoms. The Hall–Kier alpha value is -4.76. The van der Waals surface area contributed by atoms with Crippen molar-refractivity contribution >= 4 is 29.2 Å². The van der Waals surface area contributed by atoms with E-state index in [0.29, 0.717) is 48.1 Å². The lowest BCUT2D eigenvalue weighted by atomic mass is 10.0. The summed E-state index contributed by atoms with van der Waals surface area (Å²) in [5.41, 5.74) is 5.28. The number of carboxylic acids is 1. The zero-order chi connectivity index (χ0) is 28.2. The largest absolute Gasteiger partial charge is 0.493 e.